The van der Waals surface area contributed by atoms with Crippen LogP contribution in [0.4, 0.5) is 0 Å². The molecule has 0 saturated carbocycles. The van der Waals surface area contributed by atoms with E-state index in [4.69, 9.17) is 16.3 Å². The zero-order valence-electron chi connectivity index (χ0n) is 17.3. The van der Waals surface area contributed by atoms with Crippen molar-refractivity contribution in [1.29, 1.82) is 0 Å². The molecule has 1 aromatic carbocycles. The van der Waals surface area contributed by atoms with Crippen LogP contribution in [0.15, 0.2) is 30.7 Å². The smallest absolute Gasteiger partial charge is 0.103 e. The minimum atomic E-state index is 0.230. The van der Waals surface area contributed by atoms with Gasteiger partial charge in [-0.05, 0) is 70.3 Å². The van der Waals surface area contributed by atoms with Gasteiger partial charge in [-0.2, -0.15) is 10.2 Å². The fraction of sp³-hybridized carbons (Fsp3) is 0.545. The Morgan fingerprint density at radius 3 is 2.52 bits per heavy atom. The van der Waals surface area contributed by atoms with Crippen molar-refractivity contribution in [3.63, 3.8) is 0 Å². The normalized spacial score (nSPS) is 20.4. The summed E-state index contributed by atoms with van der Waals surface area (Å²) >= 11 is 6.72. The molecule has 0 atom stereocenters. The Kier molecular flexibility index (Phi) is 4.68. The fourth-order valence-corrected chi connectivity index (χ4v) is 4.94. The van der Waals surface area contributed by atoms with E-state index in [-0.39, 0.29) is 5.54 Å². The zero-order valence-corrected chi connectivity index (χ0v) is 18.1. The van der Waals surface area contributed by atoms with Gasteiger partial charge < -0.3 is 4.74 Å². The molecule has 2 aromatic heterocycles. The Labute approximate surface area is 176 Å². The fourth-order valence-electron chi connectivity index (χ4n) is 4.61. The van der Waals surface area contributed by atoms with Crippen LogP contribution in [0.1, 0.15) is 51.1 Å². The highest BCUT2D eigenvalue weighted by Gasteiger charge is 2.41. The minimum absolute atomic E-state index is 0.230. The van der Waals surface area contributed by atoms with Gasteiger partial charge in [-0.15, -0.1) is 0 Å². The van der Waals surface area contributed by atoms with Crippen molar-refractivity contribution < 1.29 is 4.74 Å². The number of hydrogen-bond acceptors (Lipinski definition) is 4. The molecular weight excluding hydrogens is 386 g/mol. The molecule has 7 heteroatoms. The molecule has 5 rings (SSSR count). The van der Waals surface area contributed by atoms with E-state index in [0.29, 0.717) is 12.0 Å². The lowest BCUT2D eigenvalue weighted by molar-refractivity contribution is -0.136. The topological polar surface area (TPSA) is 48.1 Å². The van der Waals surface area contributed by atoms with Crippen molar-refractivity contribution in [3.05, 3.63) is 41.3 Å². The number of nitrogens with zero attached hydrogens (tertiary/aromatic N) is 5. The van der Waals surface area contributed by atoms with Gasteiger partial charge in [0, 0.05) is 16.5 Å². The second-order valence-electron chi connectivity index (χ2n) is 9.01. The summed E-state index contributed by atoms with van der Waals surface area (Å²) in [5, 5.41) is 11.0. The molecular formula is C22H28ClN5O. The summed E-state index contributed by atoms with van der Waals surface area (Å²) in [7, 11) is 0. The Balaban J connectivity index is 1.43. The molecule has 2 fully saturated rings. The van der Waals surface area contributed by atoms with Crippen molar-refractivity contribution in [2.45, 2.75) is 51.1 Å². The van der Waals surface area contributed by atoms with Crippen LogP contribution in [-0.2, 0) is 4.74 Å². The molecule has 4 heterocycles. The average Bonchev–Trinajstić information content (AvgIpc) is 3.32. The maximum Gasteiger partial charge on any atom is 0.103 e. The molecule has 2 aliphatic rings. The number of halogens is 1. The third-order valence-electron chi connectivity index (χ3n) is 6.57. The predicted octanol–water partition coefficient (Wildman–Crippen LogP) is 4.42. The number of ether oxygens (including phenoxy) is 1. The van der Waals surface area contributed by atoms with Crippen molar-refractivity contribution >= 4 is 22.5 Å². The van der Waals surface area contributed by atoms with Crippen LogP contribution in [0.2, 0.25) is 5.02 Å². The first-order valence-electron chi connectivity index (χ1n) is 10.5. The van der Waals surface area contributed by atoms with Gasteiger partial charge >= 0.3 is 0 Å². The largest absolute Gasteiger partial charge is 0.377 e. The molecule has 0 unspecified atom stereocenters. The highest BCUT2D eigenvalue weighted by molar-refractivity contribution is 6.32. The lowest BCUT2D eigenvalue weighted by atomic mass is 9.86. The molecule has 0 spiro atoms. The third kappa shape index (κ3) is 3.27. The summed E-state index contributed by atoms with van der Waals surface area (Å²) in [6, 6.07) is 4.63. The van der Waals surface area contributed by atoms with E-state index in [1.54, 1.807) is 0 Å². The molecule has 0 aliphatic carbocycles. The van der Waals surface area contributed by atoms with E-state index < -0.39 is 0 Å². The van der Waals surface area contributed by atoms with Crippen LogP contribution < -0.4 is 0 Å². The standard InChI is InChI=1S/C22H28ClN5O/c1-15(2)27-12-18(11-24-27)28-21-9-19(20(23)8-17(21)10-25-28)16-4-6-26(7-5-16)22(3)13-29-14-22/h8-12,15-16H,4-7,13-14H2,1-3H3. The molecule has 3 aromatic rings. The van der Waals surface area contributed by atoms with Gasteiger partial charge in [0.05, 0.1) is 42.9 Å². The van der Waals surface area contributed by atoms with E-state index in [9.17, 15) is 0 Å². The highest BCUT2D eigenvalue weighted by Crippen LogP contribution is 2.38. The second kappa shape index (κ2) is 7.11. The Morgan fingerprint density at radius 2 is 1.90 bits per heavy atom. The monoisotopic (exact) mass is 413 g/mol. The number of aromatic nitrogens is 4. The lowest BCUT2D eigenvalue weighted by Crippen LogP contribution is -2.61. The third-order valence-corrected chi connectivity index (χ3v) is 6.90. The Morgan fingerprint density at radius 1 is 1.14 bits per heavy atom. The summed E-state index contributed by atoms with van der Waals surface area (Å²) in [4.78, 5) is 2.59. The molecule has 0 bridgehead atoms. The number of piperidine rings is 1. The molecule has 0 radical (unpaired) electrons. The van der Waals surface area contributed by atoms with E-state index in [0.717, 1.165) is 60.8 Å². The van der Waals surface area contributed by atoms with Crippen LogP contribution in [-0.4, -0.2) is 56.3 Å². The summed E-state index contributed by atoms with van der Waals surface area (Å²) in [6.45, 7) is 10.5. The molecule has 6 nitrogen and oxygen atoms in total. The van der Waals surface area contributed by atoms with Crippen molar-refractivity contribution in [2.24, 2.45) is 0 Å². The number of likely N-dealkylation sites (tertiary alicyclic amines) is 1. The predicted molar refractivity (Wildman–Crippen MR) is 115 cm³/mol. The number of benzene rings is 1. The number of hydrogen-bond donors (Lipinski definition) is 0. The first-order chi connectivity index (χ1) is 13.9. The molecule has 0 amide bonds. The van der Waals surface area contributed by atoms with Gasteiger partial charge in [0.25, 0.3) is 0 Å². The quantitative estimate of drug-likeness (QED) is 0.635. The molecule has 2 aliphatic heterocycles. The SMILES string of the molecule is CC(C)n1cc(-n2ncc3cc(Cl)c(C4CCN(C5(C)COC5)CC4)cc32)cn1. The number of fused-ring (bicyclic) bond motifs is 1. The minimum Gasteiger partial charge on any atom is -0.377 e. The lowest BCUT2D eigenvalue weighted by Gasteiger charge is -2.50. The van der Waals surface area contributed by atoms with Gasteiger partial charge in [-0.25, -0.2) is 4.68 Å². The molecule has 29 heavy (non-hydrogen) atoms. The van der Waals surface area contributed by atoms with Crippen LogP contribution in [0, 0.1) is 0 Å². The summed E-state index contributed by atoms with van der Waals surface area (Å²) < 4.78 is 9.39. The Bertz CT molecular complexity index is 1030. The highest BCUT2D eigenvalue weighted by atomic mass is 35.5. The van der Waals surface area contributed by atoms with E-state index in [2.05, 4.69) is 48.0 Å². The van der Waals surface area contributed by atoms with Crippen molar-refractivity contribution in [3.8, 4) is 5.69 Å². The Hall–Kier alpha value is -1.89. The van der Waals surface area contributed by atoms with Gasteiger partial charge in [0.1, 0.15) is 5.69 Å². The molecule has 2 saturated heterocycles. The van der Waals surface area contributed by atoms with Gasteiger partial charge in [0.15, 0.2) is 0 Å². The van der Waals surface area contributed by atoms with E-state index in [1.165, 1.54) is 5.56 Å². The summed E-state index contributed by atoms with van der Waals surface area (Å²) in [5.74, 6) is 0.481. The zero-order chi connectivity index (χ0) is 20.2. The van der Waals surface area contributed by atoms with Gasteiger partial charge in [-0.1, -0.05) is 11.6 Å². The summed E-state index contributed by atoms with van der Waals surface area (Å²) in [5.41, 5.74) is 3.55. The number of rotatable bonds is 4. The maximum atomic E-state index is 6.72. The maximum absolute atomic E-state index is 6.72. The first kappa shape index (κ1) is 19.1. The van der Waals surface area contributed by atoms with Crippen LogP contribution in [0.25, 0.3) is 16.6 Å². The first-order valence-corrected chi connectivity index (χ1v) is 10.9. The van der Waals surface area contributed by atoms with E-state index >= 15 is 0 Å². The summed E-state index contributed by atoms with van der Waals surface area (Å²) in [6.07, 6.45) is 8.06. The van der Waals surface area contributed by atoms with Crippen LogP contribution in [0.3, 0.4) is 0 Å². The van der Waals surface area contributed by atoms with Gasteiger partial charge in [0.2, 0.25) is 0 Å². The van der Waals surface area contributed by atoms with Crippen molar-refractivity contribution in [1.82, 2.24) is 24.5 Å². The van der Waals surface area contributed by atoms with Crippen molar-refractivity contribution in [2.75, 3.05) is 26.3 Å². The molecule has 154 valence electrons. The van der Waals surface area contributed by atoms with Crippen LogP contribution in [0.5, 0.6) is 0 Å². The molecule has 0 N–H and O–H groups in total. The van der Waals surface area contributed by atoms with E-state index in [1.807, 2.05) is 28.0 Å². The van der Waals surface area contributed by atoms with Gasteiger partial charge in [-0.3, -0.25) is 9.58 Å². The average molecular weight is 414 g/mol. The van der Waals surface area contributed by atoms with Crippen LogP contribution >= 0.6 is 11.6 Å². The second-order valence-corrected chi connectivity index (χ2v) is 9.42.